The van der Waals surface area contributed by atoms with E-state index in [2.05, 4.69) is 70.9 Å². The number of fused-ring (bicyclic) bond motifs is 1. The number of β-lactam (4-membered cyclic amide) rings is 1. The fourth-order valence-electron chi connectivity index (χ4n) is 7.93. The van der Waals surface area contributed by atoms with Crippen molar-refractivity contribution in [2.45, 2.75) is 47.2 Å². The fraction of sp³-hybridized carbons (Fsp3) is 0.238. The summed E-state index contributed by atoms with van der Waals surface area (Å²) in [5.41, 5.74) is 4.45. The van der Waals surface area contributed by atoms with E-state index < -0.39 is 22.4 Å². The number of nitrogens with one attached hydrogen (secondary N) is 1. The summed E-state index contributed by atoms with van der Waals surface area (Å²) < 4.78 is 5.56. The number of piperidine rings is 1. The maximum Gasteiger partial charge on any atom is 0.330 e. The Bertz CT molecular complexity index is 1790. The molecule has 0 radical (unpaired) electrons. The van der Waals surface area contributed by atoms with E-state index in [1.165, 1.54) is 5.69 Å². The van der Waals surface area contributed by atoms with Crippen molar-refractivity contribution >= 4 is 29.3 Å². The number of esters is 1. The molecule has 5 aromatic rings. The largest absolute Gasteiger partial charge is 0.459 e. The van der Waals surface area contributed by atoms with Gasteiger partial charge in [-0.2, -0.15) is 0 Å². The first-order valence-corrected chi connectivity index (χ1v) is 17.9. The number of rotatable bonds is 9. The molecule has 246 valence electrons. The number of amides is 1. The Morgan fingerprint density at radius 1 is 0.714 bits per heavy atom. The van der Waals surface area contributed by atoms with Crippen molar-refractivity contribution in [2.75, 3.05) is 18.0 Å². The topological polar surface area (TPSA) is 61.9 Å². The SMILES string of the molecule is O=C(OCc1ccccc1)C1N2C(=O)C(NC(c3ccccc3)(c3ccccc3)c3ccccc3)C2SC12CCN(c1ccccc1)CC2. The van der Waals surface area contributed by atoms with Gasteiger partial charge in [-0.3, -0.25) is 10.1 Å². The van der Waals surface area contributed by atoms with Gasteiger partial charge in [-0.25, -0.2) is 4.79 Å². The zero-order valence-corrected chi connectivity index (χ0v) is 28.0. The summed E-state index contributed by atoms with van der Waals surface area (Å²) in [6, 6.07) is 50.1. The zero-order valence-electron chi connectivity index (χ0n) is 27.2. The number of thioether (sulfide) groups is 1. The maximum absolute atomic E-state index is 14.5. The molecule has 3 aliphatic rings. The highest BCUT2D eigenvalue weighted by Crippen LogP contribution is 2.57. The van der Waals surface area contributed by atoms with Crippen molar-refractivity contribution in [3.63, 3.8) is 0 Å². The van der Waals surface area contributed by atoms with Crippen molar-refractivity contribution in [2.24, 2.45) is 0 Å². The van der Waals surface area contributed by atoms with Gasteiger partial charge in [-0.05, 0) is 47.2 Å². The van der Waals surface area contributed by atoms with Gasteiger partial charge in [0.1, 0.15) is 24.1 Å². The molecule has 0 aromatic heterocycles. The predicted octanol–water partition coefficient (Wildman–Crippen LogP) is 7.00. The molecule has 7 heteroatoms. The second-order valence-electron chi connectivity index (χ2n) is 13.1. The van der Waals surface area contributed by atoms with Crippen LogP contribution in [0.2, 0.25) is 0 Å². The zero-order chi connectivity index (χ0) is 33.3. The lowest BCUT2D eigenvalue weighted by Crippen LogP contribution is -2.73. The van der Waals surface area contributed by atoms with Crippen LogP contribution in [0.4, 0.5) is 5.69 Å². The van der Waals surface area contributed by atoms with E-state index in [4.69, 9.17) is 4.74 Å². The first-order chi connectivity index (χ1) is 24.1. The standard InChI is InChI=1S/C42H39N3O3S/c46-38-36(43-42(32-18-8-2-9-19-32,33-20-10-3-11-21-33)34-22-12-4-13-23-34)39-45(38)37(40(47)48-30-31-16-6-1-7-17-31)41(49-39)26-28-44(29-27-41)35-24-14-5-15-25-35/h1-25,36-37,39,43H,26-30H2. The summed E-state index contributed by atoms with van der Waals surface area (Å²) in [5, 5.41) is 3.71. The molecule has 3 aliphatic heterocycles. The second-order valence-corrected chi connectivity index (χ2v) is 14.6. The molecule has 1 spiro atoms. The molecule has 5 aromatic carbocycles. The summed E-state index contributed by atoms with van der Waals surface area (Å²) in [6.45, 7) is 1.78. The molecule has 3 atom stereocenters. The molecule has 3 unspecified atom stereocenters. The average molecular weight is 666 g/mol. The fourth-order valence-corrected chi connectivity index (χ4v) is 9.83. The van der Waals surface area contributed by atoms with Crippen LogP contribution in [0, 0.1) is 0 Å². The number of anilines is 1. The first-order valence-electron chi connectivity index (χ1n) is 17.0. The highest BCUT2D eigenvalue weighted by molar-refractivity contribution is 8.01. The van der Waals surface area contributed by atoms with Crippen LogP contribution in [0.1, 0.15) is 35.1 Å². The Balaban J connectivity index is 1.15. The van der Waals surface area contributed by atoms with Crippen LogP contribution < -0.4 is 10.2 Å². The number of para-hydroxylation sites is 1. The smallest absolute Gasteiger partial charge is 0.330 e. The Hall–Kier alpha value is -4.85. The molecular weight excluding hydrogens is 627 g/mol. The van der Waals surface area contributed by atoms with Crippen LogP contribution in [-0.2, 0) is 26.5 Å². The molecule has 1 N–H and O–H groups in total. The minimum atomic E-state index is -0.799. The molecule has 3 heterocycles. The van der Waals surface area contributed by atoms with Crippen LogP contribution in [0.3, 0.4) is 0 Å². The molecule has 49 heavy (non-hydrogen) atoms. The third-order valence-corrected chi connectivity index (χ3v) is 12.2. The van der Waals surface area contributed by atoms with Gasteiger partial charge in [0, 0.05) is 18.8 Å². The van der Waals surface area contributed by atoms with Gasteiger partial charge in [0.15, 0.2) is 0 Å². The summed E-state index contributed by atoms with van der Waals surface area (Å²) in [6.07, 6.45) is 1.54. The van der Waals surface area contributed by atoms with E-state index in [0.29, 0.717) is 0 Å². The Morgan fingerprint density at radius 3 is 1.69 bits per heavy atom. The number of hydrogen-bond donors (Lipinski definition) is 1. The molecule has 8 rings (SSSR count). The normalized spacial score (nSPS) is 21.2. The van der Waals surface area contributed by atoms with Crippen molar-refractivity contribution in [1.82, 2.24) is 10.2 Å². The molecular formula is C42H39N3O3S. The van der Waals surface area contributed by atoms with Crippen molar-refractivity contribution in [3.8, 4) is 0 Å². The average Bonchev–Trinajstić information content (AvgIpc) is 3.47. The summed E-state index contributed by atoms with van der Waals surface area (Å²) >= 11 is 1.79. The Labute approximate surface area is 292 Å². The number of hydrogen-bond acceptors (Lipinski definition) is 6. The lowest BCUT2D eigenvalue weighted by molar-refractivity contribution is -0.165. The van der Waals surface area contributed by atoms with Gasteiger partial charge in [0.05, 0.1) is 10.3 Å². The third kappa shape index (κ3) is 5.61. The van der Waals surface area contributed by atoms with Crippen molar-refractivity contribution in [3.05, 3.63) is 174 Å². The lowest BCUT2D eigenvalue weighted by atomic mass is 9.75. The van der Waals surface area contributed by atoms with Crippen molar-refractivity contribution in [1.29, 1.82) is 0 Å². The maximum atomic E-state index is 14.5. The Morgan fingerprint density at radius 2 is 1.18 bits per heavy atom. The van der Waals surface area contributed by atoms with Gasteiger partial charge >= 0.3 is 5.97 Å². The minimum Gasteiger partial charge on any atom is -0.459 e. The Kier molecular flexibility index (Phi) is 8.48. The van der Waals surface area contributed by atoms with Crippen LogP contribution in [0.15, 0.2) is 152 Å². The quantitative estimate of drug-likeness (QED) is 0.104. The van der Waals surface area contributed by atoms with Crippen LogP contribution in [0.25, 0.3) is 0 Å². The molecule has 3 saturated heterocycles. The molecule has 6 nitrogen and oxygen atoms in total. The van der Waals surface area contributed by atoms with E-state index in [1.54, 1.807) is 11.8 Å². The van der Waals surface area contributed by atoms with E-state index >= 15 is 0 Å². The minimum absolute atomic E-state index is 0.0614. The monoisotopic (exact) mass is 665 g/mol. The number of carbonyl (C=O) groups excluding carboxylic acids is 2. The van der Waals surface area contributed by atoms with Gasteiger partial charge in [0.2, 0.25) is 5.91 Å². The van der Waals surface area contributed by atoms with Gasteiger partial charge in [-0.15, -0.1) is 11.8 Å². The third-order valence-electron chi connectivity index (χ3n) is 10.4. The van der Waals surface area contributed by atoms with Crippen LogP contribution in [0.5, 0.6) is 0 Å². The van der Waals surface area contributed by atoms with E-state index in [9.17, 15) is 9.59 Å². The summed E-state index contributed by atoms with van der Waals surface area (Å²) in [5.74, 6) is -0.382. The van der Waals surface area contributed by atoms with E-state index in [1.807, 2.05) is 95.9 Å². The molecule has 3 fully saturated rings. The number of benzene rings is 5. The molecule has 0 saturated carbocycles. The number of carbonyl (C=O) groups is 2. The summed E-state index contributed by atoms with van der Waals surface area (Å²) in [4.78, 5) is 32.9. The predicted molar refractivity (Wildman–Crippen MR) is 195 cm³/mol. The van der Waals surface area contributed by atoms with Gasteiger partial charge < -0.3 is 14.5 Å². The molecule has 1 amide bonds. The number of ether oxygens (including phenoxy) is 1. The number of nitrogens with zero attached hydrogens (tertiary/aromatic N) is 2. The second kappa shape index (κ2) is 13.2. The summed E-state index contributed by atoms with van der Waals surface area (Å²) in [7, 11) is 0. The van der Waals surface area contributed by atoms with Crippen LogP contribution in [-0.4, -0.2) is 52.1 Å². The molecule has 0 bridgehead atoms. The van der Waals surface area contributed by atoms with Crippen molar-refractivity contribution < 1.29 is 14.3 Å². The van der Waals surface area contributed by atoms with Gasteiger partial charge in [0.25, 0.3) is 0 Å². The molecule has 0 aliphatic carbocycles. The van der Waals surface area contributed by atoms with Gasteiger partial charge in [-0.1, -0.05) is 140 Å². The first kappa shape index (κ1) is 31.4. The van der Waals surface area contributed by atoms with Crippen LogP contribution >= 0.6 is 11.8 Å². The van der Waals surface area contributed by atoms with E-state index in [0.717, 1.165) is 48.2 Å². The van der Waals surface area contributed by atoms with E-state index in [-0.39, 0.29) is 23.9 Å². The lowest BCUT2D eigenvalue weighted by Gasteiger charge is -2.49. The highest BCUT2D eigenvalue weighted by atomic mass is 32.2. The highest BCUT2D eigenvalue weighted by Gasteiger charge is 2.68.